The predicted octanol–water partition coefficient (Wildman–Crippen LogP) is 3.10. The standard InChI is InChI=1S/C19H21ClFN3O3S/c1-13-3-4-14(2)18(9-13)22-19(25)12-24-8-7-23(28(24,26)27)11-15-5-6-16(21)10-17(15)20/h3-6,9-10H,7-8,11-12H2,1-2H3,(H,22,25). The number of hydrogen-bond acceptors (Lipinski definition) is 3. The van der Waals surface area contributed by atoms with E-state index >= 15 is 0 Å². The summed E-state index contributed by atoms with van der Waals surface area (Å²) >= 11 is 6.00. The van der Waals surface area contributed by atoms with Gasteiger partial charge in [0.25, 0.3) is 10.2 Å². The molecule has 2 aromatic rings. The number of amides is 1. The van der Waals surface area contributed by atoms with Gasteiger partial charge in [0.1, 0.15) is 5.82 Å². The summed E-state index contributed by atoms with van der Waals surface area (Å²) in [4.78, 5) is 12.4. The van der Waals surface area contributed by atoms with Crippen LogP contribution in [-0.2, 0) is 21.5 Å². The zero-order valence-corrected chi connectivity index (χ0v) is 17.1. The van der Waals surface area contributed by atoms with Crippen molar-refractivity contribution >= 4 is 33.4 Å². The normalized spacial score (nSPS) is 17.0. The van der Waals surface area contributed by atoms with Crippen LogP contribution in [0.4, 0.5) is 10.1 Å². The molecule has 9 heteroatoms. The molecule has 6 nitrogen and oxygen atoms in total. The number of nitrogens with zero attached hydrogens (tertiary/aromatic N) is 2. The van der Waals surface area contributed by atoms with Gasteiger partial charge in [-0.25, -0.2) is 4.39 Å². The van der Waals surface area contributed by atoms with Gasteiger partial charge in [0.2, 0.25) is 5.91 Å². The Morgan fingerprint density at radius 2 is 1.86 bits per heavy atom. The first-order chi connectivity index (χ1) is 13.2. The molecule has 1 aliphatic heterocycles. The van der Waals surface area contributed by atoms with Crippen molar-refractivity contribution in [3.8, 4) is 0 Å². The number of aryl methyl sites for hydroxylation is 2. The number of benzene rings is 2. The van der Waals surface area contributed by atoms with Gasteiger partial charge in [-0.3, -0.25) is 4.79 Å². The van der Waals surface area contributed by atoms with Crippen LogP contribution in [0, 0.1) is 19.7 Å². The Morgan fingerprint density at radius 3 is 2.57 bits per heavy atom. The van der Waals surface area contributed by atoms with Crippen molar-refractivity contribution in [2.75, 3.05) is 25.0 Å². The van der Waals surface area contributed by atoms with Crippen LogP contribution in [0.2, 0.25) is 5.02 Å². The van der Waals surface area contributed by atoms with E-state index in [4.69, 9.17) is 11.6 Å². The summed E-state index contributed by atoms with van der Waals surface area (Å²) < 4.78 is 41.0. The van der Waals surface area contributed by atoms with Gasteiger partial charge in [-0.1, -0.05) is 29.8 Å². The molecule has 3 rings (SSSR count). The number of nitrogens with one attached hydrogen (secondary N) is 1. The molecule has 1 fully saturated rings. The first-order valence-corrected chi connectivity index (χ1v) is 10.5. The number of rotatable bonds is 5. The van der Waals surface area contributed by atoms with E-state index < -0.39 is 21.9 Å². The molecule has 28 heavy (non-hydrogen) atoms. The van der Waals surface area contributed by atoms with Crippen molar-refractivity contribution in [3.05, 3.63) is 63.9 Å². The van der Waals surface area contributed by atoms with Gasteiger partial charge in [-0.05, 0) is 48.7 Å². The highest BCUT2D eigenvalue weighted by Gasteiger charge is 2.37. The van der Waals surface area contributed by atoms with Crippen LogP contribution in [0.3, 0.4) is 0 Å². The van der Waals surface area contributed by atoms with Crippen molar-refractivity contribution in [2.45, 2.75) is 20.4 Å². The van der Waals surface area contributed by atoms with E-state index in [1.807, 2.05) is 32.0 Å². The predicted molar refractivity (Wildman–Crippen MR) is 107 cm³/mol. The molecule has 1 aliphatic rings. The Balaban J connectivity index is 1.67. The minimum atomic E-state index is -3.81. The van der Waals surface area contributed by atoms with Crippen LogP contribution in [0.1, 0.15) is 16.7 Å². The lowest BCUT2D eigenvalue weighted by atomic mass is 10.1. The molecule has 0 aliphatic carbocycles. The summed E-state index contributed by atoms with van der Waals surface area (Å²) in [7, 11) is -3.81. The summed E-state index contributed by atoms with van der Waals surface area (Å²) in [5.41, 5.74) is 3.07. The molecule has 0 radical (unpaired) electrons. The third kappa shape index (κ3) is 4.52. The Kier molecular flexibility index (Phi) is 6.04. The Hall–Kier alpha value is -2.00. The van der Waals surface area contributed by atoms with E-state index in [1.54, 1.807) is 0 Å². The highest BCUT2D eigenvalue weighted by atomic mass is 35.5. The zero-order valence-electron chi connectivity index (χ0n) is 15.6. The second-order valence-corrected chi connectivity index (χ2v) is 9.11. The van der Waals surface area contributed by atoms with Gasteiger partial charge in [0.15, 0.2) is 0 Å². The molecule has 1 saturated heterocycles. The lowest BCUT2D eigenvalue weighted by molar-refractivity contribution is -0.116. The van der Waals surface area contributed by atoms with Gasteiger partial charge in [0.05, 0.1) is 6.54 Å². The van der Waals surface area contributed by atoms with Gasteiger partial charge in [0, 0.05) is 30.3 Å². The van der Waals surface area contributed by atoms with E-state index in [-0.39, 0.29) is 31.2 Å². The summed E-state index contributed by atoms with van der Waals surface area (Å²) in [6, 6.07) is 9.52. The largest absolute Gasteiger partial charge is 0.325 e. The number of hydrogen-bond donors (Lipinski definition) is 1. The fraction of sp³-hybridized carbons (Fsp3) is 0.316. The lowest BCUT2D eigenvalue weighted by Gasteiger charge is -2.19. The van der Waals surface area contributed by atoms with Crippen molar-refractivity contribution in [3.63, 3.8) is 0 Å². The Morgan fingerprint density at radius 1 is 1.14 bits per heavy atom. The maximum absolute atomic E-state index is 13.2. The highest BCUT2D eigenvalue weighted by Crippen LogP contribution is 2.24. The Labute approximate surface area is 169 Å². The van der Waals surface area contributed by atoms with E-state index in [0.717, 1.165) is 21.5 Å². The minimum Gasteiger partial charge on any atom is -0.325 e. The summed E-state index contributed by atoms with van der Waals surface area (Å²) in [6.07, 6.45) is 0. The first-order valence-electron chi connectivity index (χ1n) is 8.73. The van der Waals surface area contributed by atoms with E-state index in [9.17, 15) is 17.6 Å². The third-order valence-electron chi connectivity index (χ3n) is 4.60. The van der Waals surface area contributed by atoms with Crippen LogP contribution in [0.15, 0.2) is 36.4 Å². The molecule has 1 amide bonds. The van der Waals surface area contributed by atoms with Crippen molar-refractivity contribution in [2.24, 2.45) is 0 Å². The number of carbonyl (C=O) groups excluding carboxylic acids is 1. The quantitative estimate of drug-likeness (QED) is 0.800. The Bertz CT molecular complexity index is 1010. The number of anilines is 1. The lowest BCUT2D eigenvalue weighted by Crippen LogP contribution is -2.38. The molecule has 0 aromatic heterocycles. The first kappa shape index (κ1) is 20.7. The molecule has 0 bridgehead atoms. The maximum atomic E-state index is 13.2. The fourth-order valence-electron chi connectivity index (χ4n) is 3.00. The van der Waals surface area contributed by atoms with Crippen molar-refractivity contribution in [1.29, 1.82) is 0 Å². The van der Waals surface area contributed by atoms with Gasteiger partial charge in [-0.15, -0.1) is 0 Å². The van der Waals surface area contributed by atoms with E-state index in [0.29, 0.717) is 11.3 Å². The molecular weight excluding hydrogens is 405 g/mol. The molecule has 150 valence electrons. The SMILES string of the molecule is Cc1ccc(C)c(NC(=O)CN2CCN(Cc3ccc(F)cc3Cl)S2(=O)=O)c1. The fourth-order valence-corrected chi connectivity index (χ4v) is 4.76. The topological polar surface area (TPSA) is 69.7 Å². The van der Waals surface area contributed by atoms with Gasteiger partial charge < -0.3 is 5.32 Å². The average molecular weight is 426 g/mol. The minimum absolute atomic E-state index is 0.0244. The molecule has 0 spiro atoms. The molecule has 0 unspecified atom stereocenters. The smallest absolute Gasteiger partial charge is 0.282 e. The molecule has 1 heterocycles. The highest BCUT2D eigenvalue weighted by molar-refractivity contribution is 7.87. The molecule has 0 atom stereocenters. The van der Waals surface area contributed by atoms with Crippen LogP contribution >= 0.6 is 11.6 Å². The molecule has 1 N–H and O–H groups in total. The van der Waals surface area contributed by atoms with Crippen LogP contribution in [0.5, 0.6) is 0 Å². The monoisotopic (exact) mass is 425 g/mol. The van der Waals surface area contributed by atoms with E-state index in [1.165, 1.54) is 16.4 Å². The number of carbonyl (C=O) groups is 1. The third-order valence-corrected chi connectivity index (χ3v) is 6.88. The van der Waals surface area contributed by atoms with E-state index in [2.05, 4.69) is 5.32 Å². The van der Waals surface area contributed by atoms with Crippen molar-refractivity contribution in [1.82, 2.24) is 8.61 Å². The molecular formula is C19H21ClFN3O3S. The van der Waals surface area contributed by atoms with Crippen molar-refractivity contribution < 1.29 is 17.6 Å². The average Bonchev–Trinajstić information content (AvgIpc) is 2.88. The second kappa shape index (κ2) is 8.16. The van der Waals surface area contributed by atoms with Crippen LogP contribution in [0.25, 0.3) is 0 Å². The zero-order chi connectivity index (χ0) is 20.5. The van der Waals surface area contributed by atoms with Crippen LogP contribution in [-0.4, -0.2) is 42.6 Å². The summed E-state index contributed by atoms with van der Waals surface area (Å²) in [5.74, 6) is -0.887. The number of halogens is 2. The van der Waals surface area contributed by atoms with Gasteiger partial charge in [-0.2, -0.15) is 17.0 Å². The van der Waals surface area contributed by atoms with Gasteiger partial charge >= 0.3 is 0 Å². The molecule has 0 saturated carbocycles. The maximum Gasteiger partial charge on any atom is 0.282 e. The van der Waals surface area contributed by atoms with Crippen LogP contribution < -0.4 is 5.32 Å². The summed E-state index contributed by atoms with van der Waals surface area (Å²) in [5, 5.41) is 2.94. The summed E-state index contributed by atoms with van der Waals surface area (Å²) in [6.45, 7) is 3.96. The second-order valence-electron chi connectivity index (χ2n) is 6.78. The molecule has 2 aromatic carbocycles.